The van der Waals surface area contributed by atoms with Crippen LogP contribution in [0.3, 0.4) is 0 Å². The third-order valence-corrected chi connectivity index (χ3v) is 2.24. The normalized spacial score (nSPS) is 13.5. The largest absolute Gasteiger partial charge is 0.659 e. The van der Waals surface area contributed by atoms with Gasteiger partial charge in [0.25, 0.3) is 0 Å². The minimum absolute atomic E-state index is 0. The molecule has 0 unspecified atom stereocenters. The summed E-state index contributed by atoms with van der Waals surface area (Å²) in [6.45, 7) is 5.54. The fourth-order valence-electron chi connectivity index (χ4n) is 1.11. The predicted molar refractivity (Wildman–Crippen MR) is 58.8 cm³/mol. The van der Waals surface area contributed by atoms with Crippen molar-refractivity contribution < 1.29 is 75.6 Å². The number of hydrogen-bond acceptors (Lipinski definition) is 2. The maximum Gasteiger partial charge on any atom is 0.0270 e. The van der Waals surface area contributed by atoms with E-state index in [9.17, 15) is 0 Å². The van der Waals surface area contributed by atoms with E-state index in [2.05, 4.69) is 10.6 Å². The van der Waals surface area contributed by atoms with Gasteiger partial charge in [-0.1, -0.05) is 26.7 Å². The molecule has 2 radical (unpaired) electrons. The summed E-state index contributed by atoms with van der Waals surface area (Å²) in [6.07, 6.45) is 1.74. The Balaban J connectivity index is -0.000000845. The Morgan fingerprint density at radius 3 is 1.31 bits per heavy atom. The molecule has 0 aliphatic carbocycles. The summed E-state index contributed by atoms with van der Waals surface area (Å²) < 4.78 is 0. The number of aliphatic hydroxyl groups is 2. The van der Waals surface area contributed by atoms with Crippen LogP contribution in [0.5, 0.6) is 0 Å². The van der Waals surface area contributed by atoms with Gasteiger partial charge in [0.15, 0.2) is 0 Å². The molecule has 0 fully saturated rings. The average molecular weight is 380 g/mol. The van der Waals surface area contributed by atoms with E-state index in [1.807, 2.05) is 13.8 Å². The number of aliphatic hydroxyl groups excluding tert-OH is 2. The molecule has 16 heavy (non-hydrogen) atoms. The fraction of sp³-hybridized carbons (Fsp3) is 1.00. The SMILES string of the molecule is CC[C@@H](CO)[N-]CC[N-][C@@H](CC)CO.[Y].[Y]. The fourth-order valence-corrected chi connectivity index (χ4v) is 1.11. The van der Waals surface area contributed by atoms with E-state index in [1.54, 1.807) is 0 Å². The van der Waals surface area contributed by atoms with Gasteiger partial charge in [0.1, 0.15) is 0 Å². The van der Waals surface area contributed by atoms with E-state index in [-0.39, 0.29) is 90.7 Å². The maximum absolute atomic E-state index is 8.86. The van der Waals surface area contributed by atoms with Gasteiger partial charge in [0, 0.05) is 78.6 Å². The summed E-state index contributed by atoms with van der Waals surface area (Å²) in [6, 6.07) is 0.110. The van der Waals surface area contributed by atoms with Crippen LogP contribution in [0.25, 0.3) is 10.6 Å². The number of hydrogen-bond donors (Lipinski definition) is 2. The molecule has 0 rings (SSSR count). The van der Waals surface area contributed by atoms with Gasteiger partial charge >= 0.3 is 0 Å². The molecule has 0 amide bonds. The second-order valence-electron chi connectivity index (χ2n) is 3.30. The molecule has 0 heterocycles. The average Bonchev–Trinajstić information content (AvgIpc) is 2.24. The van der Waals surface area contributed by atoms with E-state index in [4.69, 9.17) is 10.2 Å². The molecule has 2 atom stereocenters. The molecule has 0 bridgehead atoms. The van der Waals surface area contributed by atoms with Crippen molar-refractivity contribution in [1.82, 2.24) is 0 Å². The van der Waals surface area contributed by atoms with Gasteiger partial charge in [0.2, 0.25) is 0 Å². The predicted octanol–water partition coefficient (Wildman–Crippen LogP) is 1.27. The first kappa shape index (κ1) is 23.2. The zero-order chi connectivity index (χ0) is 10.8. The molecule has 0 saturated heterocycles. The Hall–Kier alpha value is 2.05. The summed E-state index contributed by atoms with van der Waals surface area (Å²) in [5.41, 5.74) is 0. The van der Waals surface area contributed by atoms with Crippen LogP contribution in [0.2, 0.25) is 0 Å². The minimum Gasteiger partial charge on any atom is -0.659 e. The Morgan fingerprint density at radius 2 is 1.12 bits per heavy atom. The Kier molecular flexibility index (Phi) is 24.7. The van der Waals surface area contributed by atoms with Gasteiger partial charge in [-0.15, -0.1) is 12.1 Å². The van der Waals surface area contributed by atoms with Crippen LogP contribution in [0.1, 0.15) is 26.7 Å². The van der Waals surface area contributed by atoms with Crippen molar-refractivity contribution in [1.29, 1.82) is 0 Å². The van der Waals surface area contributed by atoms with Crippen LogP contribution in [0.15, 0.2) is 0 Å². The van der Waals surface area contributed by atoms with Crippen molar-refractivity contribution in [3.63, 3.8) is 0 Å². The molecule has 0 aliphatic heterocycles. The maximum atomic E-state index is 8.86. The number of nitrogens with zero attached hydrogens (tertiary/aromatic N) is 2. The van der Waals surface area contributed by atoms with Crippen molar-refractivity contribution in [3.8, 4) is 0 Å². The van der Waals surface area contributed by atoms with E-state index in [0.29, 0.717) is 13.1 Å². The molecule has 0 aromatic carbocycles. The zero-order valence-electron chi connectivity index (χ0n) is 10.3. The third-order valence-electron chi connectivity index (χ3n) is 2.24. The van der Waals surface area contributed by atoms with E-state index >= 15 is 0 Å². The zero-order valence-corrected chi connectivity index (χ0v) is 16.0. The van der Waals surface area contributed by atoms with Gasteiger partial charge in [0.05, 0.1) is 0 Å². The monoisotopic (exact) mass is 380 g/mol. The first-order valence-corrected chi connectivity index (χ1v) is 5.33. The quantitative estimate of drug-likeness (QED) is 0.592. The summed E-state index contributed by atoms with van der Waals surface area (Å²) in [4.78, 5) is 0. The van der Waals surface area contributed by atoms with Crippen LogP contribution in [0, 0.1) is 0 Å². The van der Waals surface area contributed by atoms with Crippen LogP contribution in [0.4, 0.5) is 0 Å². The first-order chi connectivity index (χ1) is 6.78. The second-order valence-corrected chi connectivity index (χ2v) is 3.30. The summed E-state index contributed by atoms with van der Waals surface area (Å²) in [7, 11) is 0. The third kappa shape index (κ3) is 12.5. The molecule has 0 aliphatic rings. The van der Waals surface area contributed by atoms with Crippen molar-refractivity contribution in [3.05, 3.63) is 10.6 Å². The molecule has 92 valence electrons. The standard InChI is InChI=1S/C10H22N2O2.2Y/c1-3-9(7-13)11-5-6-12-10(4-2)8-14;;/h9-10,13-14H,3-8H2,1-2H3;;/q-2;;/t9-,10-;;/m0../s1. The molecule has 0 saturated carbocycles. The molecule has 0 aromatic heterocycles. The molecule has 0 spiro atoms. The molecular formula is C10H22N2O2Y2-2. The van der Waals surface area contributed by atoms with Gasteiger partial charge in [-0.2, -0.15) is 13.1 Å². The molecule has 4 nitrogen and oxygen atoms in total. The summed E-state index contributed by atoms with van der Waals surface area (Å²) in [5, 5.41) is 26.3. The smallest absolute Gasteiger partial charge is 0.0270 e. The Morgan fingerprint density at radius 1 is 0.812 bits per heavy atom. The summed E-state index contributed by atoms with van der Waals surface area (Å²) >= 11 is 0. The van der Waals surface area contributed by atoms with Crippen molar-refractivity contribution >= 4 is 0 Å². The first-order valence-electron chi connectivity index (χ1n) is 5.33. The van der Waals surface area contributed by atoms with Crippen LogP contribution in [-0.4, -0.2) is 48.6 Å². The summed E-state index contributed by atoms with van der Waals surface area (Å²) in [5.74, 6) is 0. The van der Waals surface area contributed by atoms with Gasteiger partial charge in [-0.3, -0.25) is 0 Å². The van der Waals surface area contributed by atoms with Crippen LogP contribution >= 0.6 is 0 Å². The van der Waals surface area contributed by atoms with Gasteiger partial charge < -0.3 is 20.8 Å². The molecule has 6 heteroatoms. The van der Waals surface area contributed by atoms with Gasteiger partial charge in [-0.05, 0) is 0 Å². The van der Waals surface area contributed by atoms with Crippen LogP contribution in [-0.2, 0) is 65.4 Å². The Labute approximate surface area is 149 Å². The minimum atomic E-state index is 0. The van der Waals surface area contributed by atoms with Gasteiger partial charge in [-0.25, -0.2) is 0 Å². The van der Waals surface area contributed by atoms with Crippen molar-refractivity contribution in [2.24, 2.45) is 0 Å². The van der Waals surface area contributed by atoms with Crippen molar-refractivity contribution in [2.45, 2.75) is 38.8 Å². The molecular weight excluding hydrogens is 358 g/mol. The number of rotatable bonds is 9. The Bertz CT molecular complexity index is 109. The second kappa shape index (κ2) is 17.0. The van der Waals surface area contributed by atoms with Crippen LogP contribution < -0.4 is 0 Å². The van der Waals surface area contributed by atoms with E-state index < -0.39 is 0 Å². The topological polar surface area (TPSA) is 68.7 Å². The molecule has 0 aromatic rings. The van der Waals surface area contributed by atoms with E-state index in [1.165, 1.54) is 0 Å². The van der Waals surface area contributed by atoms with E-state index in [0.717, 1.165) is 12.8 Å². The molecule has 2 N–H and O–H groups in total. The van der Waals surface area contributed by atoms with Crippen molar-refractivity contribution in [2.75, 3.05) is 26.3 Å².